The molecule has 1 aliphatic heterocycles. The fourth-order valence-corrected chi connectivity index (χ4v) is 2.21. The summed E-state index contributed by atoms with van der Waals surface area (Å²) < 4.78 is 5.25. The first-order chi connectivity index (χ1) is 8.41. The largest absolute Gasteiger partial charge is 0.481 e. The molecule has 0 aromatic carbocycles. The van der Waals surface area contributed by atoms with Crippen LogP contribution in [0.4, 0.5) is 0 Å². The Morgan fingerprint density at radius 1 is 1.56 bits per heavy atom. The van der Waals surface area contributed by atoms with Crippen LogP contribution in [0, 0.1) is 5.92 Å². The second-order valence-electron chi connectivity index (χ2n) is 4.92. The van der Waals surface area contributed by atoms with E-state index in [4.69, 9.17) is 9.84 Å². The van der Waals surface area contributed by atoms with Gasteiger partial charge in [0.05, 0.1) is 25.7 Å². The second-order valence-corrected chi connectivity index (χ2v) is 4.92. The highest BCUT2D eigenvalue weighted by Crippen LogP contribution is 2.18. The van der Waals surface area contributed by atoms with Crippen LogP contribution in [0.3, 0.4) is 0 Å². The molecule has 0 aromatic heterocycles. The predicted molar refractivity (Wildman–Crippen MR) is 67.2 cm³/mol. The maximum Gasteiger partial charge on any atom is 0.305 e. The Bertz CT molecular complexity index is 340. The summed E-state index contributed by atoms with van der Waals surface area (Å²) in [5.41, 5.74) is 0.957. The van der Waals surface area contributed by atoms with Crippen LogP contribution in [0.25, 0.3) is 0 Å². The summed E-state index contributed by atoms with van der Waals surface area (Å²) in [6.07, 6.45) is 0.571. The van der Waals surface area contributed by atoms with Gasteiger partial charge in [0.15, 0.2) is 0 Å². The minimum Gasteiger partial charge on any atom is -0.481 e. The molecule has 5 heteroatoms. The van der Waals surface area contributed by atoms with E-state index in [9.17, 15) is 9.59 Å². The van der Waals surface area contributed by atoms with Crippen molar-refractivity contribution in [2.24, 2.45) is 5.92 Å². The number of carboxylic acid groups (broad SMARTS) is 1. The molecule has 0 unspecified atom stereocenters. The Balaban J connectivity index is 2.67. The molecule has 1 saturated heterocycles. The van der Waals surface area contributed by atoms with Crippen molar-refractivity contribution < 1.29 is 19.4 Å². The number of carbonyl (C=O) groups excluding carboxylic acids is 1. The molecular formula is C13H21NO4. The lowest BCUT2D eigenvalue weighted by molar-refractivity contribution is -0.148. The third kappa shape index (κ3) is 4.14. The van der Waals surface area contributed by atoms with E-state index in [0.29, 0.717) is 26.2 Å². The summed E-state index contributed by atoms with van der Waals surface area (Å²) in [4.78, 5) is 24.7. The lowest BCUT2D eigenvalue weighted by Crippen LogP contribution is -2.51. The van der Waals surface area contributed by atoms with Crippen molar-refractivity contribution in [1.29, 1.82) is 0 Å². The molecule has 1 fully saturated rings. The van der Waals surface area contributed by atoms with Gasteiger partial charge in [-0.1, -0.05) is 12.5 Å². The fraction of sp³-hybridized carbons (Fsp3) is 0.692. The number of hydrogen-bond acceptors (Lipinski definition) is 3. The molecule has 0 radical (unpaired) electrons. The van der Waals surface area contributed by atoms with Gasteiger partial charge in [0, 0.05) is 12.5 Å². The van der Waals surface area contributed by atoms with Crippen molar-refractivity contribution in [3.63, 3.8) is 0 Å². The summed E-state index contributed by atoms with van der Waals surface area (Å²) in [6, 6.07) is -0.351. The monoisotopic (exact) mass is 255 g/mol. The van der Waals surface area contributed by atoms with Gasteiger partial charge in [0.25, 0.3) is 0 Å². The maximum absolute atomic E-state index is 12.3. The van der Waals surface area contributed by atoms with Gasteiger partial charge in [-0.2, -0.15) is 0 Å². The number of aliphatic carboxylic acids is 1. The molecule has 0 bridgehead atoms. The number of morpholine rings is 1. The summed E-state index contributed by atoms with van der Waals surface area (Å²) in [5.74, 6) is -1.07. The summed E-state index contributed by atoms with van der Waals surface area (Å²) in [7, 11) is 0. The lowest BCUT2D eigenvalue weighted by atomic mass is 10.00. The summed E-state index contributed by atoms with van der Waals surface area (Å²) >= 11 is 0. The number of allylic oxidation sites excluding steroid dienone is 1. The molecular weight excluding hydrogens is 234 g/mol. The van der Waals surface area contributed by atoms with Crippen LogP contribution >= 0.6 is 0 Å². The number of amides is 1. The first-order valence-electron chi connectivity index (χ1n) is 6.16. The van der Waals surface area contributed by atoms with Crippen LogP contribution < -0.4 is 0 Å². The minimum absolute atomic E-state index is 0.00690. The Hall–Kier alpha value is -1.36. The zero-order chi connectivity index (χ0) is 13.7. The van der Waals surface area contributed by atoms with Crippen LogP contribution in [0.2, 0.25) is 0 Å². The highest BCUT2D eigenvalue weighted by Gasteiger charge is 2.31. The van der Waals surface area contributed by atoms with Crippen molar-refractivity contribution in [2.75, 3.05) is 19.8 Å². The van der Waals surface area contributed by atoms with Gasteiger partial charge in [-0.25, -0.2) is 0 Å². The van der Waals surface area contributed by atoms with Gasteiger partial charge < -0.3 is 14.7 Å². The van der Waals surface area contributed by atoms with E-state index >= 15 is 0 Å². The molecule has 2 atom stereocenters. The molecule has 0 saturated carbocycles. The van der Waals surface area contributed by atoms with E-state index in [1.165, 1.54) is 0 Å². The van der Waals surface area contributed by atoms with Crippen LogP contribution in [-0.2, 0) is 14.3 Å². The van der Waals surface area contributed by atoms with Crippen LogP contribution in [-0.4, -0.2) is 47.7 Å². The topological polar surface area (TPSA) is 66.8 Å². The summed E-state index contributed by atoms with van der Waals surface area (Å²) in [6.45, 7) is 8.79. The van der Waals surface area contributed by atoms with E-state index in [0.717, 1.165) is 5.57 Å². The molecule has 0 spiro atoms. The molecule has 102 valence electrons. The third-order valence-corrected chi connectivity index (χ3v) is 3.00. The molecule has 1 N–H and O–H groups in total. The smallest absolute Gasteiger partial charge is 0.305 e. The quantitative estimate of drug-likeness (QED) is 0.752. The van der Waals surface area contributed by atoms with E-state index in [-0.39, 0.29) is 24.3 Å². The molecule has 0 aliphatic carbocycles. The van der Waals surface area contributed by atoms with Crippen LogP contribution in [0.5, 0.6) is 0 Å². The van der Waals surface area contributed by atoms with Crippen molar-refractivity contribution in [3.8, 4) is 0 Å². The van der Waals surface area contributed by atoms with Crippen molar-refractivity contribution in [3.05, 3.63) is 12.2 Å². The first-order valence-corrected chi connectivity index (χ1v) is 6.16. The lowest BCUT2D eigenvalue weighted by Gasteiger charge is -2.36. The second kappa shape index (κ2) is 6.54. The molecule has 1 amide bonds. The third-order valence-electron chi connectivity index (χ3n) is 3.00. The van der Waals surface area contributed by atoms with Crippen LogP contribution in [0.1, 0.15) is 26.7 Å². The zero-order valence-electron chi connectivity index (χ0n) is 11.0. The van der Waals surface area contributed by atoms with Crippen molar-refractivity contribution >= 4 is 11.9 Å². The van der Waals surface area contributed by atoms with E-state index in [2.05, 4.69) is 6.58 Å². The molecule has 0 aromatic rings. The Morgan fingerprint density at radius 2 is 2.22 bits per heavy atom. The van der Waals surface area contributed by atoms with Gasteiger partial charge in [-0.15, -0.1) is 6.58 Å². The Morgan fingerprint density at radius 3 is 2.78 bits per heavy atom. The average molecular weight is 255 g/mol. The van der Waals surface area contributed by atoms with Gasteiger partial charge in [0.2, 0.25) is 5.91 Å². The number of carboxylic acids is 1. The Kier molecular flexibility index (Phi) is 5.34. The average Bonchev–Trinajstić information content (AvgIpc) is 2.27. The number of nitrogens with zero attached hydrogens (tertiary/aromatic N) is 1. The van der Waals surface area contributed by atoms with E-state index in [1.54, 1.807) is 4.90 Å². The number of hydrogen-bond donors (Lipinski definition) is 1. The Labute approximate surface area is 107 Å². The van der Waals surface area contributed by atoms with Gasteiger partial charge in [-0.3, -0.25) is 9.59 Å². The molecule has 1 heterocycles. The normalized spacial score (nSPS) is 21.4. The van der Waals surface area contributed by atoms with Crippen LogP contribution in [0.15, 0.2) is 12.2 Å². The highest BCUT2D eigenvalue weighted by molar-refractivity contribution is 5.80. The molecule has 5 nitrogen and oxygen atoms in total. The minimum atomic E-state index is -0.907. The fourth-order valence-electron chi connectivity index (χ4n) is 2.21. The molecule has 18 heavy (non-hydrogen) atoms. The van der Waals surface area contributed by atoms with Crippen molar-refractivity contribution in [1.82, 2.24) is 4.90 Å². The standard InChI is InChI=1S/C13H21NO4/c1-9(2)6-10(3)13(17)14-4-5-18-8-11(14)7-12(15)16/h10-11H,1,4-8H2,2-3H3,(H,15,16)/t10-,11-/m0/s1. The number of carbonyl (C=O) groups is 2. The number of ether oxygens (including phenoxy) is 1. The molecule has 1 rings (SSSR count). The van der Waals surface area contributed by atoms with Gasteiger partial charge >= 0.3 is 5.97 Å². The summed E-state index contributed by atoms with van der Waals surface area (Å²) in [5, 5.41) is 8.84. The van der Waals surface area contributed by atoms with Gasteiger partial charge in [0.1, 0.15) is 0 Å². The highest BCUT2D eigenvalue weighted by atomic mass is 16.5. The van der Waals surface area contributed by atoms with E-state index < -0.39 is 5.97 Å². The van der Waals surface area contributed by atoms with E-state index in [1.807, 2.05) is 13.8 Å². The molecule has 1 aliphatic rings. The maximum atomic E-state index is 12.3. The first kappa shape index (κ1) is 14.7. The predicted octanol–water partition coefficient (Wildman–Crippen LogP) is 1.29. The van der Waals surface area contributed by atoms with Gasteiger partial charge in [-0.05, 0) is 13.3 Å². The number of rotatable bonds is 5. The SMILES string of the molecule is C=C(C)C[C@H](C)C(=O)N1CCOC[C@@H]1CC(=O)O. The van der Waals surface area contributed by atoms with Crippen molar-refractivity contribution in [2.45, 2.75) is 32.7 Å². The zero-order valence-corrected chi connectivity index (χ0v) is 11.0.